The van der Waals surface area contributed by atoms with E-state index in [1.807, 2.05) is 11.9 Å². The molecule has 3 heterocycles. The number of nitro benzene ring substituents is 1. The Bertz CT molecular complexity index is 1100. The highest BCUT2D eigenvalue weighted by Crippen LogP contribution is 2.33. The van der Waals surface area contributed by atoms with Crippen molar-refractivity contribution in [2.45, 2.75) is 0 Å². The summed E-state index contributed by atoms with van der Waals surface area (Å²) in [6.45, 7) is 2.88. The van der Waals surface area contributed by atoms with Gasteiger partial charge in [-0.25, -0.2) is 14.7 Å². The van der Waals surface area contributed by atoms with Crippen LogP contribution in [0.4, 0.5) is 11.4 Å². The van der Waals surface area contributed by atoms with Gasteiger partial charge in [-0.3, -0.25) is 10.1 Å². The van der Waals surface area contributed by atoms with Crippen molar-refractivity contribution in [1.29, 1.82) is 0 Å². The molecule has 1 aliphatic heterocycles. The van der Waals surface area contributed by atoms with Gasteiger partial charge in [0.15, 0.2) is 5.65 Å². The number of hydrogen-bond donors (Lipinski definition) is 2. The maximum absolute atomic E-state index is 12.0. The molecule has 3 aromatic rings. The number of hydrogen-bond acceptors (Lipinski definition) is 7. The standard InChI is InChI=1S/C14H15N7O4/c1-18-2-4-19(5-3-18)10-6-8-9(7-11(10)21(24)25)15-13(22)20-12(8)16-17-14(20)23/h6-7H,2-5H2,1H3,(H,15,22)(H,17,23). The fourth-order valence-electron chi connectivity index (χ4n) is 3.15. The van der Waals surface area contributed by atoms with Crippen molar-refractivity contribution in [3.63, 3.8) is 0 Å². The van der Waals surface area contributed by atoms with Gasteiger partial charge in [0.2, 0.25) is 0 Å². The number of rotatable bonds is 2. The second-order valence-corrected chi connectivity index (χ2v) is 6.05. The van der Waals surface area contributed by atoms with Gasteiger partial charge in [0, 0.05) is 37.6 Å². The first-order valence-electron chi connectivity index (χ1n) is 7.71. The molecule has 1 fully saturated rings. The van der Waals surface area contributed by atoms with E-state index in [0.717, 1.165) is 17.5 Å². The molecule has 1 saturated heterocycles. The van der Waals surface area contributed by atoms with Crippen LogP contribution in [0.25, 0.3) is 16.6 Å². The van der Waals surface area contributed by atoms with Gasteiger partial charge in [-0.05, 0) is 13.1 Å². The average Bonchev–Trinajstić information content (AvgIpc) is 2.97. The Hall–Kier alpha value is -3.21. The van der Waals surface area contributed by atoms with Gasteiger partial charge in [-0.15, -0.1) is 0 Å². The first-order chi connectivity index (χ1) is 12.0. The molecule has 11 heteroatoms. The van der Waals surface area contributed by atoms with Crippen molar-refractivity contribution in [2.75, 3.05) is 38.1 Å². The van der Waals surface area contributed by atoms with Crippen LogP contribution in [0.3, 0.4) is 0 Å². The molecule has 0 radical (unpaired) electrons. The van der Waals surface area contributed by atoms with E-state index in [9.17, 15) is 19.7 Å². The monoisotopic (exact) mass is 345 g/mol. The number of piperazine rings is 1. The van der Waals surface area contributed by atoms with Crippen LogP contribution in [0.15, 0.2) is 21.7 Å². The van der Waals surface area contributed by atoms with Gasteiger partial charge in [-0.2, -0.15) is 9.50 Å². The third-order valence-electron chi connectivity index (χ3n) is 4.51. The van der Waals surface area contributed by atoms with Crippen LogP contribution < -0.4 is 16.3 Å². The predicted octanol–water partition coefficient (Wildman–Crippen LogP) is -0.476. The average molecular weight is 345 g/mol. The number of aromatic nitrogens is 4. The summed E-state index contributed by atoms with van der Waals surface area (Å²) < 4.78 is 0.877. The Labute approximate surface area is 139 Å². The second kappa shape index (κ2) is 5.41. The van der Waals surface area contributed by atoms with Crippen LogP contribution in [0, 0.1) is 10.1 Å². The Balaban J connectivity index is 2.00. The number of likely N-dealkylation sites (N-methyl/N-ethyl adjacent to an activating group) is 1. The highest BCUT2D eigenvalue weighted by atomic mass is 16.6. The molecule has 0 unspecified atom stereocenters. The number of fused-ring (bicyclic) bond motifs is 3. The summed E-state index contributed by atoms with van der Waals surface area (Å²) in [6.07, 6.45) is 0. The molecule has 11 nitrogen and oxygen atoms in total. The summed E-state index contributed by atoms with van der Waals surface area (Å²) in [5, 5.41) is 18.1. The molecule has 0 spiro atoms. The maximum atomic E-state index is 12.0. The molecule has 4 rings (SSSR count). The fourth-order valence-corrected chi connectivity index (χ4v) is 3.15. The molecule has 2 N–H and O–H groups in total. The Morgan fingerprint density at radius 2 is 1.88 bits per heavy atom. The molecule has 0 atom stereocenters. The molecule has 1 aliphatic rings. The van der Waals surface area contributed by atoms with Crippen molar-refractivity contribution >= 4 is 27.9 Å². The van der Waals surface area contributed by atoms with E-state index in [1.165, 1.54) is 6.07 Å². The van der Waals surface area contributed by atoms with Gasteiger partial charge in [-0.1, -0.05) is 0 Å². The van der Waals surface area contributed by atoms with E-state index < -0.39 is 16.3 Å². The van der Waals surface area contributed by atoms with Crippen LogP contribution in [0.2, 0.25) is 0 Å². The molecule has 2 aromatic heterocycles. The number of H-pyrrole nitrogens is 2. The van der Waals surface area contributed by atoms with Crippen molar-refractivity contribution in [3.8, 4) is 0 Å². The minimum absolute atomic E-state index is 0.0880. The lowest BCUT2D eigenvalue weighted by atomic mass is 10.1. The summed E-state index contributed by atoms with van der Waals surface area (Å²) in [7, 11) is 2.00. The van der Waals surface area contributed by atoms with Gasteiger partial charge in [0.25, 0.3) is 5.69 Å². The SMILES string of the molecule is CN1CCN(c2cc3c(cc2[N+](=O)[O-])[nH]c(=O)n2c(=O)[nH]nc32)CC1. The number of nitro groups is 1. The molecule has 0 aliphatic carbocycles. The Kier molecular flexibility index (Phi) is 3.32. The largest absolute Gasteiger partial charge is 0.363 e. The maximum Gasteiger partial charge on any atom is 0.351 e. The molecule has 130 valence electrons. The van der Waals surface area contributed by atoms with Crippen LogP contribution in [0.1, 0.15) is 0 Å². The topological polar surface area (TPSA) is 133 Å². The summed E-state index contributed by atoms with van der Waals surface area (Å²) >= 11 is 0. The molecule has 25 heavy (non-hydrogen) atoms. The first kappa shape index (κ1) is 15.3. The summed E-state index contributed by atoms with van der Waals surface area (Å²) in [5.74, 6) is 0. The normalized spacial score (nSPS) is 16.0. The number of aromatic amines is 2. The quantitative estimate of drug-likeness (QED) is 0.473. The highest BCUT2D eigenvalue weighted by Gasteiger charge is 2.25. The molecule has 0 bridgehead atoms. The molecule has 0 amide bonds. The lowest BCUT2D eigenvalue weighted by Crippen LogP contribution is -2.44. The van der Waals surface area contributed by atoms with Crippen molar-refractivity contribution in [1.82, 2.24) is 24.5 Å². The fraction of sp³-hybridized carbons (Fsp3) is 0.357. The van der Waals surface area contributed by atoms with Crippen LogP contribution in [-0.4, -0.2) is 62.6 Å². The lowest BCUT2D eigenvalue weighted by Gasteiger charge is -2.33. The van der Waals surface area contributed by atoms with Crippen molar-refractivity contribution < 1.29 is 4.92 Å². The van der Waals surface area contributed by atoms with E-state index >= 15 is 0 Å². The number of anilines is 1. The highest BCUT2D eigenvalue weighted by molar-refractivity contribution is 5.96. The second-order valence-electron chi connectivity index (χ2n) is 6.05. The van der Waals surface area contributed by atoms with Crippen molar-refractivity contribution in [3.05, 3.63) is 43.2 Å². The summed E-state index contributed by atoms with van der Waals surface area (Å²) in [5.41, 5.74) is -0.569. The molecular weight excluding hydrogens is 330 g/mol. The Morgan fingerprint density at radius 3 is 2.56 bits per heavy atom. The van der Waals surface area contributed by atoms with E-state index in [1.54, 1.807) is 6.07 Å². The van der Waals surface area contributed by atoms with Gasteiger partial charge in [0.05, 0.1) is 10.4 Å². The third-order valence-corrected chi connectivity index (χ3v) is 4.51. The zero-order valence-electron chi connectivity index (χ0n) is 13.4. The van der Waals surface area contributed by atoms with Gasteiger partial charge >= 0.3 is 11.4 Å². The van der Waals surface area contributed by atoms with E-state index in [0.29, 0.717) is 24.2 Å². The smallest absolute Gasteiger partial charge is 0.351 e. The van der Waals surface area contributed by atoms with Gasteiger partial charge in [0.1, 0.15) is 5.69 Å². The first-order valence-corrected chi connectivity index (χ1v) is 7.71. The molecule has 1 aromatic carbocycles. The van der Waals surface area contributed by atoms with E-state index in [2.05, 4.69) is 20.1 Å². The third kappa shape index (κ3) is 2.36. The van der Waals surface area contributed by atoms with Crippen molar-refractivity contribution in [2.24, 2.45) is 0 Å². The minimum atomic E-state index is -0.692. The van der Waals surface area contributed by atoms with E-state index in [-0.39, 0.29) is 16.9 Å². The zero-order valence-corrected chi connectivity index (χ0v) is 13.4. The summed E-state index contributed by atoms with van der Waals surface area (Å²) in [4.78, 5) is 41.4. The summed E-state index contributed by atoms with van der Waals surface area (Å²) in [6, 6.07) is 2.94. The lowest BCUT2D eigenvalue weighted by molar-refractivity contribution is -0.384. The minimum Gasteiger partial charge on any atom is -0.363 e. The molecular formula is C14H15N7O4. The zero-order chi connectivity index (χ0) is 17.7. The number of nitrogens with one attached hydrogen (secondary N) is 2. The van der Waals surface area contributed by atoms with Crippen LogP contribution in [0.5, 0.6) is 0 Å². The molecule has 0 saturated carbocycles. The van der Waals surface area contributed by atoms with Crippen LogP contribution >= 0.6 is 0 Å². The number of nitrogens with zero attached hydrogens (tertiary/aromatic N) is 5. The van der Waals surface area contributed by atoms with Crippen LogP contribution in [-0.2, 0) is 0 Å². The predicted molar refractivity (Wildman–Crippen MR) is 90.3 cm³/mol. The number of benzene rings is 1. The van der Waals surface area contributed by atoms with E-state index in [4.69, 9.17) is 0 Å². The Morgan fingerprint density at radius 1 is 1.16 bits per heavy atom. The van der Waals surface area contributed by atoms with Gasteiger partial charge < -0.3 is 14.8 Å².